The fourth-order valence-corrected chi connectivity index (χ4v) is 5.85. The molecule has 9 N–H and O–H groups in total. The summed E-state index contributed by atoms with van der Waals surface area (Å²) < 4.78 is 5.07. The Labute approximate surface area is 352 Å². The Hall–Kier alpha value is -6.04. The van der Waals surface area contributed by atoms with Gasteiger partial charge < -0.3 is 25.2 Å². The number of aliphatic hydroxyl groups excluding tert-OH is 3. The third kappa shape index (κ3) is 14.4. The molecule has 4 atom stereocenters. The fraction of sp³-hybridized carbons (Fsp3) is 0.286. The summed E-state index contributed by atoms with van der Waals surface area (Å²) in [5, 5.41) is 38.0. The number of carbonyl (C=O) groups is 4. The van der Waals surface area contributed by atoms with Crippen LogP contribution in [0.5, 0.6) is 5.75 Å². The van der Waals surface area contributed by atoms with Crippen molar-refractivity contribution in [1.29, 1.82) is 0 Å². The highest BCUT2D eigenvalue weighted by Gasteiger charge is 2.27. The minimum Gasteiger partial charge on any atom is -0.497 e. The van der Waals surface area contributed by atoms with Crippen molar-refractivity contribution < 1.29 is 44.3 Å². The first-order valence-electron chi connectivity index (χ1n) is 17.8. The molecule has 0 saturated heterocycles. The van der Waals surface area contributed by atoms with Crippen LogP contribution in [0.2, 0.25) is 10.0 Å². The van der Waals surface area contributed by atoms with Crippen molar-refractivity contribution in [2.24, 2.45) is 17.7 Å². The highest BCUT2D eigenvalue weighted by Crippen LogP contribution is 2.33. The summed E-state index contributed by atoms with van der Waals surface area (Å²) in [4.78, 5) is 53.4. The second-order valence-corrected chi connectivity index (χ2v) is 13.8. The third-order valence-corrected chi connectivity index (χ3v) is 9.98. The molecule has 3 amide bonds. The van der Waals surface area contributed by atoms with Crippen LogP contribution in [0.15, 0.2) is 72.8 Å². The van der Waals surface area contributed by atoms with Gasteiger partial charge in [0.05, 0.1) is 60.9 Å². The molecule has 0 spiro atoms. The van der Waals surface area contributed by atoms with E-state index in [4.69, 9.17) is 57.1 Å². The maximum atomic E-state index is 12.6. The van der Waals surface area contributed by atoms with Crippen molar-refractivity contribution in [3.63, 3.8) is 0 Å². The molecule has 4 aromatic carbocycles. The topological polar surface area (TPSA) is 229 Å². The second-order valence-electron chi connectivity index (χ2n) is 13.0. The number of benzene rings is 4. The quantitative estimate of drug-likeness (QED) is 0.0369. The number of nitrogens with zero attached hydrogens (tertiary/aromatic N) is 2. The smallest absolute Gasteiger partial charge is 0.309 e. The normalized spacial score (nSPS) is 12.2. The first kappa shape index (κ1) is 49.1. The molecule has 0 fully saturated rings. The molecular formula is C42H46Cl2N6O9. The molecule has 0 heterocycles. The highest BCUT2D eigenvalue weighted by molar-refractivity contribution is 6.34. The van der Waals surface area contributed by atoms with Gasteiger partial charge in [0.2, 0.25) is 17.3 Å². The number of nitrogens with one attached hydrogen (secondary N) is 3. The number of methoxy groups -OCH3 is 1. The van der Waals surface area contributed by atoms with Gasteiger partial charge in [-0.05, 0) is 98.7 Å². The van der Waals surface area contributed by atoms with E-state index in [0.29, 0.717) is 55.0 Å². The number of amides is 3. The van der Waals surface area contributed by atoms with Crippen LogP contribution in [0, 0.1) is 38.8 Å². The number of aliphatic hydroxyl groups is 3. The largest absolute Gasteiger partial charge is 0.497 e. The summed E-state index contributed by atoms with van der Waals surface area (Å²) in [5.41, 5.74) is 11.7. The summed E-state index contributed by atoms with van der Waals surface area (Å²) >= 11 is 12.2. The monoisotopic (exact) mass is 848 g/mol. The number of halogens is 2. The highest BCUT2D eigenvalue weighted by atomic mass is 35.5. The number of hydrogen-bond donors (Lipinski definition) is 8. The Morgan fingerprint density at radius 3 is 1.69 bits per heavy atom. The van der Waals surface area contributed by atoms with Crippen LogP contribution in [0.3, 0.4) is 0 Å². The minimum atomic E-state index is -1.05. The lowest BCUT2D eigenvalue weighted by atomic mass is 9.91. The van der Waals surface area contributed by atoms with Crippen LogP contribution < -0.4 is 26.9 Å². The predicted molar refractivity (Wildman–Crippen MR) is 223 cm³/mol. The van der Waals surface area contributed by atoms with Gasteiger partial charge in [0, 0.05) is 11.1 Å². The minimum absolute atomic E-state index is 0.0777. The number of rotatable bonds is 12. The zero-order chi connectivity index (χ0) is 44.4. The average molecular weight is 850 g/mol. The van der Waals surface area contributed by atoms with Crippen LogP contribution in [-0.2, 0) is 29.0 Å². The molecule has 0 radical (unpaired) electrons. The molecule has 0 aromatic heterocycles. The van der Waals surface area contributed by atoms with Gasteiger partial charge in [0.25, 0.3) is 11.8 Å². The standard InChI is InChI=1S/C21H22ClN3O4.C13H14ClNO3.C8H10N2O2/c1-12-14(8-9-18(23-3)19(12)22)11-17(13(2)26)21(28)25-24-20(27)15-6-5-7-16(10-15)29-4;1-7-9(4-5-11(15-3)12(7)14)6-10(8(2)16)13(17)18;9-10-8(12)7-3-1-2-6(4-7)5-11/h5-10,13,17,26H,11H2,1-2,4H3,(H,24,27)(H,25,28);4-5,8,10,16H,6H2,1-2H3,(H,17,18);1-4,11H,5,9H2,(H,10,12)/t13-,17+;8-,10+;/m00./s1. The number of hydrazine groups is 2. The molecule has 59 heavy (non-hydrogen) atoms. The number of hydrogen-bond acceptors (Lipinski definition) is 9. The number of carbonyl (C=O) groups excluding carboxylic acids is 3. The number of carboxylic acid groups (broad SMARTS) is 1. The predicted octanol–water partition coefficient (Wildman–Crippen LogP) is 5.81. The first-order chi connectivity index (χ1) is 27.9. The van der Waals surface area contributed by atoms with E-state index in [2.05, 4.69) is 20.5 Å². The Bertz CT molecular complexity index is 2200. The van der Waals surface area contributed by atoms with Crippen LogP contribution in [0.4, 0.5) is 11.4 Å². The van der Waals surface area contributed by atoms with Crippen molar-refractivity contribution in [2.45, 2.75) is 59.4 Å². The Kier molecular flexibility index (Phi) is 20.0. The molecule has 0 aliphatic carbocycles. The van der Waals surface area contributed by atoms with E-state index in [1.54, 1.807) is 80.6 Å². The lowest BCUT2D eigenvalue weighted by Crippen LogP contribution is -2.47. The Morgan fingerprint density at radius 1 is 0.763 bits per heavy atom. The van der Waals surface area contributed by atoms with E-state index >= 15 is 0 Å². The van der Waals surface area contributed by atoms with Crippen molar-refractivity contribution in [3.8, 4) is 5.75 Å². The Balaban J connectivity index is 0.000000339. The van der Waals surface area contributed by atoms with Gasteiger partial charge in [-0.3, -0.25) is 35.5 Å². The van der Waals surface area contributed by atoms with E-state index in [1.807, 2.05) is 5.43 Å². The molecule has 0 bridgehead atoms. The first-order valence-corrected chi connectivity index (χ1v) is 18.5. The van der Waals surface area contributed by atoms with E-state index < -0.39 is 41.8 Å². The summed E-state index contributed by atoms with van der Waals surface area (Å²) in [6, 6.07) is 19.7. The van der Waals surface area contributed by atoms with Crippen molar-refractivity contribution in [1.82, 2.24) is 16.3 Å². The number of carboxylic acids is 1. The number of ether oxygens (including phenoxy) is 1. The molecule has 4 rings (SSSR count). The van der Waals surface area contributed by atoms with Crippen molar-refractivity contribution in [3.05, 3.63) is 145 Å². The van der Waals surface area contributed by atoms with Crippen molar-refractivity contribution >= 4 is 58.3 Å². The van der Waals surface area contributed by atoms with E-state index in [1.165, 1.54) is 27.0 Å². The molecule has 17 heteroatoms. The molecule has 0 saturated carbocycles. The third-order valence-electron chi connectivity index (χ3n) is 9.03. The lowest BCUT2D eigenvalue weighted by Gasteiger charge is -2.21. The van der Waals surface area contributed by atoms with Gasteiger partial charge in [-0.2, -0.15) is 0 Å². The second kappa shape index (κ2) is 24.0. The molecule has 0 aliphatic rings. The van der Waals surface area contributed by atoms with E-state index in [0.717, 1.165) is 11.1 Å². The van der Waals surface area contributed by atoms with Gasteiger partial charge in [0.1, 0.15) is 5.75 Å². The number of nitrogens with two attached hydrogens (primary N) is 1. The van der Waals surface area contributed by atoms with Gasteiger partial charge >= 0.3 is 5.97 Å². The van der Waals surface area contributed by atoms with E-state index in [9.17, 15) is 29.4 Å². The molecular weight excluding hydrogens is 803 g/mol. The van der Waals surface area contributed by atoms with Crippen LogP contribution in [-0.4, -0.2) is 63.4 Å². The number of aliphatic carboxylic acids is 1. The fourth-order valence-electron chi connectivity index (χ4n) is 5.40. The molecule has 4 aromatic rings. The molecule has 0 aliphatic heterocycles. The lowest BCUT2D eigenvalue weighted by molar-refractivity contribution is -0.145. The number of nitrogen functional groups attached to an aromatic ring is 1. The summed E-state index contributed by atoms with van der Waals surface area (Å²) in [6.07, 6.45) is -1.53. The molecule has 312 valence electrons. The van der Waals surface area contributed by atoms with Crippen LogP contribution in [0.1, 0.15) is 62.4 Å². The zero-order valence-electron chi connectivity index (χ0n) is 32.9. The maximum Gasteiger partial charge on any atom is 0.309 e. The van der Waals surface area contributed by atoms with Gasteiger partial charge in [-0.15, -0.1) is 0 Å². The van der Waals surface area contributed by atoms with Crippen LogP contribution in [0.25, 0.3) is 9.69 Å². The van der Waals surface area contributed by atoms with Gasteiger partial charge in [-0.1, -0.05) is 65.7 Å². The average Bonchev–Trinajstić information content (AvgIpc) is 3.23. The van der Waals surface area contributed by atoms with Gasteiger partial charge in [-0.25, -0.2) is 15.5 Å². The molecule has 0 unspecified atom stereocenters. The van der Waals surface area contributed by atoms with Crippen LogP contribution >= 0.6 is 23.2 Å². The van der Waals surface area contributed by atoms with Crippen molar-refractivity contribution in [2.75, 3.05) is 7.11 Å². The maximum absolute atomic E-state index is 12.6. The summed E-state index contributed by atoms with van der Waals surface area (Å²) in [7, 11) is 1.49. The molecule has 15 nitrogen and oxygen atoms in total. The van der Waals surface area contributed by atoms with E-state index in [-0.39, 0.29) is 25.4 Å². The van der Waals surface area contributed by atoms with Gasteiger partial charge in [0.15, 0.2) is 0 Å². The summed E-state index contributed by atoms with van der Waals surface area (Å²) in [6.45, 7) is 20.4. The summed E-state index contributed by atoms with van der Waals surface area (Å²) in [5.74, 6) is 1.29. The SMILES string of the molecule is NNC(=O)c1cccc(CO)c1.[C-]#[N+]c1ccc(C[C@@H](C(=O)NNC(=O)c2cccc(OC)c2)[C@H](C)O)c(C)c1Cl.[C-]#[N+]c1ccc(C[C@@H](C(=O)O)[C@H](C)O)c(C)c1Cl. The Morgan fingerprint density at radius 2 is 1.25 bits per heavy atom. The zero-order valence-corrected chi connectivity index (χ0v) is 34.4.